The van der Waals surface area contributed by atoms with Crippen molar-refractivity contribution in [2.24, 2.45) is 0 Å². The van der Waals surface area contributed by atoms with Crippen molar-refractivity contribution in [1.82, 2.24) is 19.9 Å². The summed E-state index contributed by atoms with van der Waals surface area (Å²) in [5, 5.41) is 3.30. The van der Waals surface area contributed by atoms with Gasteiger partial charge >= 0.3 is 0 Å². The van der Waals surface area contributed by atoms with Crippen LogP contribution in [0.25, 0.3) is 11.5 Å². The molecule has 100 valence electrons. The molecule has 2 heterocycles. The lowest BCUT2D eigenvalue weighted by Crippen LogP contribution is -2.07. The van der Waals surface area contributed by atoms with E-state index in [1.807, 2.05) is 0 Å². The minimum Gasteiger partial charge on any atom is -0.369 e. The van der Waals surface area contributed by atoms with Crippen LogP contribution in [0.15, 0.2) is 23.1 Å². The van der Waals surface area contributed by atoms with E-state index in [1.165, 1.54) is 0 Å². The summed E-state index contributed by atoms with van der Waals surface area (Å²) in [6.07, 6.45) is 6.83. The number of rotatable bonds is 5. The van der Waals surface area contributed by atoms with Gasteiger partial charge in [-0.3, -0.25) is 4.98 Å². The van der Waals surface area contributed by atoms with Crippen molar-refractivity contribution in [3.05, 3.63) is 28.8 Å². The fraction of sp³-hybridized carbons (Fsp3) is 0.385. The third-order valence-corrected chi connectivity index (χ3v) is 3.42. The molecular weight excluding hydrogens is 306 g/mol. The molecule has 5 nitrogen and oxygen atoms in total. The van der Waals surface area contributed by atoms with Crippen molar-refractivity contribution in [2.75, 3.05) is 11.9 Å². The third-order valence-electron chi connectivity index (χ3n) is 2.59. The molecular formula is C13H16BrN5. The molecule has 19 heavy (non-hydrogen) atoms. The van der Waals surface area contributed by atoms with Gasteiger partial charge in [-0.2, -0.15) is 0 Å². The summed E-state index contributed by atoms with van der Waals surface area (Å²) in [6.45, 7) is 5.06. The number of nitrogens with one attached hydrogen (secondary N) is 1. The lowest BCUT2D eigenvalue weighted by Gasteiger charge is -2.11. The first-order valence-electron chi connectivity index (χ1n) is 6.32. The SMILES string of the molecule is CCCNc1nc(-c2cnccn2)nc(CC)c1Br. The van der Waals surface area contributed by atoms with Crippen LogP contribution in [0.5, 0.6) is 0 Å². The van der Waals surface area contributed by atoms with Gasteiger partial charge in [0.05, 0.1) is 16.4 Å². The number of aromatic nitrogens is 4. The van der Waals surface area contributed by atoms with Crippen molar-refractivity contribution in [2.45, 2.75) is 26.7 Å². The second kappa shape index (κ2) is 6.56. The molecule has 0 aliphatic heterocycles. The minimum atomic E-state index is 0.603. The first kappa shape index (κ1) is 13.9. The van der Waals surface area contributed by atoms with Crippen LogP contribution in [0.2, 0.25) is 0 Å². The van der Waals surface area contributed by atoms with Crippen molar-refractivity contribution in [3.8, 4) is 11.5 Å². The van der Waals surface area contributed by atoms with Crippen LogP contribution in [0.1, 0.15) is 26.0 Å². The molecule has 0 fully saturated rings. The van der Waals surface area contributed by atoms with Crippen molar-refractivity contribution >= 4 is 21.7 Å². The second-order valence-corrected chi connectivity index (χ2v) is 4.82. The second-order valence-electron chi connectivity index (χ2n) is 4.03. The summed E-state index contributed by atoms with van der Waals surface area (Å²) < 4.78 is 0.927. The predicted octanol–water partition coefficient (Wildman–Crippen LogP) is 3.08. The fourth-order valence-electron chi connectivity index (χ4n) is 1.62. The molecule has 6 heteroatoms. The van der Waals surface area contributed by atoms with Crippen LogP contribution in [-0.4, -0.2) is 26.5 Å². The van der Waals surface area contributed by atoms with E-state index in [-0.39, 0.29) is 0 Å². The standard InChI is InChI=1S/C13H16BrN5/c1-3-5-17-13-11(14)9(4-2)18-12(19-13)10-8-15-6-7-16-10/h6-8H,3-5H2,1-2H3,(H,17,18,19). The zero-order valence-corrected chi connectivity index (χ0v) is 12.6. The molecule has 1 N–H and O–H groups in total. The first-order chi connectivity index (χ1) is 9.26. The maximum Gasteiger partial charge on any atom is 0.182 e. The molecule has 0 spiro atoms. The Kier molecular flexibility index (Phi) is 4.79. The van der Waals surface area contributed by atoms with E-state index in [0.29, 0.717) is 11.5 Å². The van der Waals surface area contributed by atoms with E-state index >= 15 is 0 Å². The van der Waals surface area contributed by atoms with Crippen LogP contribution in [0.3, 0.4) is 0 Å². The van der Waals surface area contributed by atoms with Gasteiger partial charge in [0, 0.05) is 18.9 Å². The van der Waals surface area contributed by atoms with Crippen LogP contribution >= 0.6 is 15.9 Å². The summed E-state index contributed by atoms with van der Waals surface area (Å²) in [5.74, 6) is 1.42. The van der Waals surface area contributed by atoms with Gasteiger partial charge < -0.3 is 5.32 Å². The van der Waals surface area contributed by atoms with E-state index in [1.54, 1.807) is 18.6 Å². The Bertz CT molecular complexity index is 544. The van der Waals surface area contributed by atoms with Crippen LogP contribution in [0, 0.1) is 0 Å². The lowest BCUT2D eigenvalue weighted by atomic mass is 10.3. The highest BCUT2D eigenvalue weighted by atomic mass is 79.9. The number of halogens is 1. The number of nitrogens with zero attached hydrogens (tertiary/aromatic N) is 4. The Morgan fingerprint density at radius 3 is 2.68 bits per heavy atom. The van der Waals surface area contributed by atoms with Crippen molar-refractivity contribution in [1.29, 1.82) is 0 Å². The van der Waals surface area contributed by atoms with E-state index in [0.717, 1.165) is 35.4 Å². The minimum absolute atomic E-state index is 0.603. The molecule has 0 unspecified atom stereocenters. The highest BCUT2D eigenvalue weighted by molar-refractivity contribution is 9.10. The first-order valence-corrected chi connectivity index (χ1v) is 7.12. The molecule has 2 aromatic rings. The summed E-state index contributed by atoms with van der Waals surface area (Å²) in [6, 6.07) is 0. The van der Waals surface area contributed by atoms with Crippen LogP contribution in [0.4, 0.5) is 5.82 Å². The van der Waals surface area contributed by atoms with Crippen molar-refractivity contribution in [3.63, 3.8) is 0 Å². The van der Waals surface area contributed by atoms with Gasteiger partial charge in [-0.15, -0.1) is 0 Å². The maximum atomic E-state index is 4.53. The zero-order chi connectivity index (χ0) is 13.7. The van der Waals surface area contributed by atoms with E-state index < -0.39 is 0 Å². The summed E-state index contributed by atoms with van der Waals surface area (Å²) >= 11 is 3.55. The molecule has 0 atom stereocenters. The Morgan fingerprint density at radius 1 is 1.21 bits per heavy atom. The van der Waals surface area contributed by atoms with Gasteiger partial charge in [-0.25, -0.2) is 15.0 Å². The Morgan fingerprint density at radius 2 is 2.05 bits per heavy atom. The molecule has 0 bridgehead atoms. The van der Waals surface area contributed by atoms with Gasteiger partial charge in [0.25, 0.3) is 0 Å². The van der Waals surface area contributed by atoms with Gasteiger partial charge in [0.15, 0.2) is 5.82 Å². The van der Waals surface area contributed by atoms with Gasteiger partial charge in [-0.1, -0.05) is 13.8 Å². The average molecular weight is 322 g/mol. The fourth-order valence-corrected chi connectivity index (χ4v) is 2.22. The monoisotopic (exact) mass is 321 g/mol. The maximum absolute atomic E-state index is 4.53. The number of hydrogen-bond donors (Lipinski definition) is 1. The van der Waals surface area contributed by atoms with E-state index in [9.17, 15) is 0 Å². The number of anilines is 1. The summed E-state index contributed by atoms with van der Waals surface area (Å²) in [5.41, 5.74) is 1.65. The Labute approximate surface area is 121 Å². The van der Waals surface area contributed by atoms with Gasteiger partial charge in [-0.05, 0) is 28.8 Å². The molecule has 0 radical (unpaired) electrons. The smallest absolute Gasteiger partial charge is 0.182 e. The third kappa shape index (κ3) is 3.26. The number of hydrogen-bond acceptors (Lipinski definition) is 5. The van der Waals surface area contributed by atoms with Crippen LogP contribution < -0.4 is 5.32 Å². The Hall–Kier alpha value is -1.56. The van der Waals surface area contributed by atoms with Gasteiger partial charge in [0.2, 0.25) is 0 Å². The largest absolute Gasteiger partial charge is 0.369 e. The topological polar surface area (TPSA) is 63.6 Å². The quantitative estimate of drug-likeness (QED) is 0.916. The van der Waals surface area contributed by atoms with E-state index in [4.69, 9.17) is 0 Å². The molecule has 0 saturated carbocycles. The molecule has 2 rings (SSSR count). The zero-order valence-electron chi connectivity index (χ0n) is 11.0. The Balaban J connectivity index is 2.45. The van der Waals surface area contributed by atoms with Crippen LogP contribution in [-0.2, 0) is 6.42 Å². The normalized spacial score (nSPS) is 10.5. The molecule has 2 aromatic heterocycles. The molecule has 0 aliphatic carbocycles. The molecule has 0 aliphatic rings. The highest BCUT2D eigenvalue weighted by Gasteiger charge is 2.12. The molecule has 0 aromatic carbocycles. The molecule has 0 saturated heterocycles. The highest BCUT2D eigenvalue weighted by Crippen LogP contribution is 2.26. The average Bonchev–Trinajstić information content (AvgIpc) is 2.47. The van der Waals surface area contributed by atoms with Crippen molar-refractivity contribution < 1.29 is 0 Å². The predicted molar refractivity (Wildman–Crippen MR) is 78.9 cm³/mol. The van der Waals surface area contributed by atoms with E-state index in [2.05, 4.69) is 55.0 Å². The summed E-state index contributed by atoms with van der Waals surface area (Å²) in [7, 11) is 0. The summed E-state index contributed by atoms with van der Waals surface area (Å²) in [4.78, 5) is 17.3. The lowest BCUT2D eigenvalue weighted by molar-refractivity contribution is 0.940. The van der Waals surface area contributed by atoms with Gasteiger partial charge in [0.1, 0.15) is 11.5 Å². The molecule has 0 amide bonds. The number of aryl methyl sites for hydroxylation is 1.